The van der Waals surface area contributed by atoms with Gasteiger partial charge in [0.15, 0.2) is 0 Å². The molecule has 3 heteroatoms. The third kappa shape index (κ3) is 5.12. The minimum Gasteiger partial charge on any atom is -0.489 e. The Labute approximate surface area is 153 Å². The maximum absolute atomic E-state index is 10.5. The summed E-state index contributed by atoms with van der Waals surface area (Å²) in [5.41, 5.74) is 1.99. The van der Waals surface area contributed by atoms with E-state index < -0.39 is 5.97 Å². The van der Waals surface area contributed by atoms with Crippen LogP contribution in [0.3, 0.4) is 0 Å². The summed E-state index contributed by atoms with van der Waals surface area (Å²) in [5.74, 6) is 6.06. The summed E-state index contributed by atoms with van der Waals surface area (Å²) in [7, 11) is 0. The van der Waals surface area contributed by atoms with Crippen molar-refractivity contribution in [3.63, 3.8) is 0 Å². The number of fused-ring (bicyclic) bond motifs is 1. The van der Waals surface area contributed by atoms with E-state index in [1.54, 1.807) is 0 Å². The SMILES string of the molecule is O=C(O)CCCC#Cc1cccc(OCc2ccc3ccccc3c2)c1. The molecule has 0 atom stereocenters. The molecule has 0 saturated carbocycles. The van der Waals surface area contributed by atoms with Crippen LogP contribution in [0.25, 0.3) is 10.8 Å². The molecule has 3 aromatic carbocycles. The molecule has 3 rings (SSSR count). The number of aliphatic carboxylic acids is 1. The Bertz CT molecular complexity index is 964. The Morgan fingerprint density at radius 3 is 2.65 bits per heavy atom. The van der Waals surface area contributed by atoms with E-state index in [4.69, 9.17) is 9.84 Å². The number of ether oxygens (including phenoxy) is 1. The number of hydrogen-bond acceptors (Lipinski definition) is 2. The van der Waals surface area contributed by atoms with E-state index >= 15 is 0 Å². The summed E-state index contributed by atoms with van der Waals surface area (Å²) in [6.45, 7) is 0.500. The van der Waals surface area contributed by atoms with Crippen LogP contribution in [0.1, 0.15) is 30.4 Å². The monoisotopic (exact) mass is 344 g/mol. The first-order valence-electron chi connectivity index (χ1n) is 8.62. The lowest BCUT2D eigenvalue weighted by Gasteiger charge is -2.08. The Kier molecular flexibility index (Phi) is 5.90. The summed E-state index contributed by atoms with van der Waals surface area (Å²) in [5, 5.41) is 11.0. The van der Waals surface area contributed by atoms with Gasteiger partial charge in [0.25, 0.3) is 0 Å². The van der Waals surface area contributed by atoms with Crippen molar-refractivity contribution in [2.45, 2.75) is 25.9 Å². The molecule has 0 bridgehead atoms. The minimum absolute atomic E-state index is 0.156. The van der Waals surface area contributed by atoms with Gasteiger partial charge in [0.05, 0.1) is 0 Å². The van der Waals surface area contributed by atoms with Crippen molar-refractivity contribution in [1.82, 2.24) is 0 Å². The minimum atomic E-state index is -0.782. The molecule has 0 aliphatic carbocycles. The lowest BCUT2D eigenvalue weighted by molar-refractivity contribution is -0.137. The van der Waals surface area contributed by atoms with Crippen LogP contribution in [0.4, 0.5) is 0 Å². The summed E-state index contributed by atoms with van der Waals surface area (Å²) in [6, 6.07) is 22.2. The van der Waals surface area contributed by atoms with Gasteiger partial charge in [0, 0.05) is 18.4 Å². The first kappa shape index (κ1) is 17.6. The third-order valence-corrected chi connectivity index (χ3v) is 3.98. The summed E-state index contributed by atoms with van der Waals surface area (Å²) in [6.07, 6.45) is 1.30. The normalized spacial score (nSPS) is 10.2. The van der Waals surface area contributed by atoms with Crippen LogP contribution in [-0.2, 0) is 11.4 Å². The number of unbranched alkanes of at least 4 members (excludes halogenated alkanes) is 1. The van der Waals surface area contributed by atoms with Gasteiger partial charge in [-0.25, -0.2) is 0 Å². The predicted octanol–water partition coefficient (Wildman–Crippen LogP) is 5.03. The molecule has 0 aliphatic rings. The molecule has 0 heterocycles. The molecule has 0 radical (unpaired) electrons. The van der Waals surface area contributed by atoms with Crippen LogP contribution in [0.2, 0.25) is 0 Å². The largest absolute Gasteiger partial charge is 0.489 e. The molecule has 0 unspecified atom stereocenters. The van der Waals surface area contributed by atoms with Gasteiger partial charge in [0.2, 0.25) is 0 Å². The molecule has 130 valence electrons. The van der Waals surface area contributed by atoms with E-state index in [0.29, 0.717) is 19.4 Å². The number of rotatable bonds is 6. The van der Waals surface area contributed by atoms with Gasteiger partial charge in [-0.15, -0.1) is 0 Å². The van der Waals surface area contributed by atoms with Crippen molar-refractivity contribution in [3.05, 3.63) is 77.9 Å². The predicted molar refractivity (Wildman–Crippen MR) is 103 cm³/mol. The molecule has 3 aromatic rings. The number of carboxylic acid groups (broad SMARTS) is 1. The van der Waals surface area contributed by atoms with Crippen molar-refractivity contribution in [1.29, 1.82) is 0 Å². The van der Waals surface area contributed by atoms with Crippen LogP contribution < -0.4 is 4.74 Å². The molecule has 0 aliphatic heterocycles. The second-order valence-corrected chi connectivity index (χ2v) is 6.05. The lowest BCUT2D eigenvalue weighted by atomic mass is 10.1. The average molecular weight is 344 g/mol. The van der Waals surface area contributed by atoms with Crippen LogP contribution in [-0.4, -0.2) is 11.1 Å². The highest BCUT2D eigenvalue weighted by molar-refractivity contribution is 5.82. The lowest BCUT2D eigenvalue weighted by Crippen LogP contribution is -1.95. The van der Waals surface area contributed by atoms with Crippen LogP contribution >= 0.6 is 0 Å². The zero-order chi connectivity index (χ0) is 18.2. The van der Waals surface area contributed by atoms with E-state index in [2.05, 4.69) is 42.2 Å². The highest BCUT2D eigenvalue weighted by Crippen LogP contribution is 2.18. The fraction of sp³-hybridized carbons (Fsp3) is 0.174. The third-order valence-electron chi connectivity index (χ3n) is 3.98. The Morgan fingerprint density at radius 2 is 1.81 bits per heavy atom. The molecule has 0 amide bonds. The molecular formula is C23H20O3. The van der Waals surface area contributed by atoms with Crippen LogP contribution in [0, 0.1) is 11.8 Å². The fourth-order valence-electron chi connectivity index (χ4n) is 2.65. The molecule has 1 N–H and O–H groups in total. The second kappa shape index (κ2) is 8.73. The van der Waals surface area contributed by atoms with Crippen molar-refractivity contribution in [2.24, 2.45) is 0 Å². The van der Waals surface area contributed by atoms with Crippen molar-refractivity contribution in [2.75, 3.05) is 0 Å². The van der Waals surface area contributed by atoms with E-state index in [0.717, 1.165) is 16.9 Å². The zero-order valence-corrected chi connectivity index (χ0v) is 14.4. The molecule has 26 heavy (non-hydrogen) atoms. The van der Waals surface area contributed by atoms with E-state index in [1.807, 2.05) is 36.4 Å². The number of carbonyl (C=O) groups is 1. The van der Waals surface area contributed by atoms with Gasteiger partial charge in [0.1, 0.15) is 12.4 Å². The number of hydrogen-bond donors (Lipinski definition) is 1. The highest BCUT2D eigenvalue weighted by Gasteiger charge is 1.99. The van der Waals surface area contributed by atoms with Crippen molar-refractivity contribution < 1.29 is 14.6 Å². The van der Waals surface area contributed by atoms with Gasteiger partial charge < -0.3 is 9.84 Å². The van der Waals surface area contributed by atoms with Gasteiger partial charge >= 0.3 is 5.97 Å². The maximum atomic E-state index is 10.5. The van der Waals surface area contributed by atoms with Crippen molar-refractivity contribution >= 4 is 16.7 Å². The number of carboxylic acids is 1. The van der Waals surface area contributed by atoms with Crippen LogP contribution in [0.15, 0.2) is 66.7 Å². The highest BCUT2D eigenvalue weighted by atomic mass is 16.5. The first-order chi connectivity index (χ1) is 12.7. The summed E-state index contributed by atoms with van der Waals surface area (Å²) >= 11 is 0. The molecule has 0 aromatic heterocycles. The van der Waals surface area contributed by atoms with Gasteiger partial charge in [-0.2, -0.15) is 0 Å². The smallest absolute Gasteiger partial charge is 0.303 e. The quantitative estimate of drug-likeness (QED) is 0.504. The molecule has 3 nitrogen and oxygen atoms in total. The first-order valence-corrected chi connectivity index (χ1v) is 8.62. The standard InChI is InChI=1S/C23H20O3/c24-23(25)12-3-1-2-7-18-8-6-11-22(16-18)26-17-19-13-14-20-9-4-5-10-21(20)15-19/h4-6,8-11,13-16H,1,3,12,17H2,(H,24,25). The van der Waals surface area contributed by atoms with E-state index in [-0.39, 0.29) is 6.42 Å². The molecule has 0 saturated heterocycles. The van der Waals surface area contributed by atoms with Gasteiger partial charge in [-0.05, 0) is 47.0 Å². The average Bonchev–Trinajstić information content (AvgIpc) is 2.66. The molecular weight excluding hydrogens is 324 g/mol. The van der Waals surface area contributed by atoms with Gasteiger partial charge in [-0.1, -0.05) is 54.3 Å². The van der Waals surface area contributed by atoms with Gasteiger partial charge in [-0.3, -0.25) is 4.79 Å². The Balaban J connectivity index is 1.59. The summed E-state index contributed by atoms with van der Waals surface area (Å²) in [4.78, 5) is 10.5. The van der Waals surface area contributed by atoms with E-state index in [9.17, 15) is 4.79 Å². The van der Waals surface area contributed by atoms with Crippen molar-refractivity contribution in [3.8, 4) is 17.6 Å². The summed E-state index contributed by atoms with van der Waals surface area (Å²) < 4.78 is 5.90. The Morgan fingerprint density at radius 1 is 0.962 bits per heavy atom. The zero-order valence-electron chi connectivity index (χ0n) is 14.4. The topological polar surface area (TPSA) is 46.5 Å². The van der Waals surface area contributed by atoms with E-state index in [1.165, 1.54) is 10.8 Å². The van der Waals surface area contributed by atoms with Crippen LogP contribution in [0.5, 0.6) is 5.75 Å². The fourth-order valence-corrected chi connectivity index (χ4v) is 2.65. The number of benzene rings is 3. The second-order valence-electron chi connectivity index (χ2n) is 6.05. The molecule has 0 fully saturated rings. The Hall–Kier alpha value is -3.25. The maximum Gasteiger partial charge on any atom is 0.303 e. The molecule has 0 spiro atoms.